The molecule has 0 spiro atoms. The van der Waals surface area contributed by atoms with Crippen molar-refractivity contribution >= 4 is 33.4 Å². The SMILES string of the molecule is CC1=NC2=C(C(=O)CC(C)(C)C2)[C@@H](c2cccc(Br)c2)C1C(=O)OCc1ccccc1. The Labute approximate surface area is 191 Å². The molecule has 0 fully saturated rings. The minimum absolute atomic E-state index is 0.0772. The van der Waals surface area contributed by atoms with E-state index >= 15 is 0 Å². The number of ether oxygens (including phenoxy) is 1. The Morgan fingerprint density at radius 3 is 2.58 bits per heavy atom. The van der Waals surface area contributed by atoms with Gasteiger partial charge in [0.05, 0.1) is 0 Å². The van der Waals surface area contributed by atoms with Crippen molar-refractivity contribution in [3.05, 3.63) is 81.5 Å². The van der Waals surface area contributed by atoms with E-state index in [0.717, 1.165) is 27.7 Å². The van der Waals surface area contributed by atoms with Crippen molar-refractivity contribution < 1.29 is 14.3 Å². The zero-order valence-corrected chi connectivity index (χ0v) is 19.6. The van der Waals surface area contributed by atoms with Crippen molar-refractivity contribution in [1.29, 1.82) is 0 Å². The fourth-order valence-corrected chi connectivity index (χ4v) is 5.05. The lowest BCUT2D eigenvalue weighted by Crippen LogP contribution is -2.39. The molecule has 0 bridgehead atoms. The van der Waals surface area contributed by atoms with Crippen LogP contribution in [0.5, 0.6) is 0 Å². The number of hydrogen-bond donors (Lipinski definition) is 0. The smallest absolute Gasteiger partial charge is 0.315 e. The van der Waals surface area contributed by atoms with Crippen LogP contribution in [-0.4, -0.2) is 17.5 Å². The lowest BCUT2D eigenvalue weighted by molar-refractivity contribution is -0.148. The molecule has 0 saturated carbocycles. The van der Waals surface area contributed by atoms with E-state index in [2.05, 4.69) is 29.8 Å². The molecule has 1 heterocycles. The van der Waals surface area contributed by atoms with Crippen molar-refractivity contribution in [2.45, 2.75) is 46.1 Å². The van der Waals surface area contributed by atoms with E-state index in [-0.39, 0.29) is 23.8 Å². The topological polar surface area (TPSA) is 55.7 Å². The predicted molar refractivity (Wildman–Crippen MR) is 125 cm³/mol. The lowest BCUT2D eigenvalue weighted by Gasteiger charge is -2.39. The first kappa shape index (κ1) is 21.7. The Bertz CT molecular complexity index is 1080. The molecular formula is C26H26BrNO3. The summed E-state index contributed by atoms with van der Waals surface area (Å²) in [5.74, 6) is -1.29. The van der Waals surface area contributed by atoms with Gasteiger partial charge >= 0.3 is 5.97 Å². The van der Waals surface area contributed by atoms with E-state index in [1.54, 1.807) is 0 Å². The minimum Gasteiger partial charge on any atom is -0.460 e. The predicted octanol–water partition coefficient (Wildman–Crippen LogP) is 6.01. The molecule has 2 aromatic rings. The lowest BCUT2D eigenvalue weighted by atomic mass is 9.67. The van der Waals surface area contributed by atoms with Crippen LogP contribution in [0.4, 0.5) is 0 Å². The van der Waals surface area contributed by atoms with Gasteiger partial charge < -0.3 is 4.74 Å². The molecule has 1 aliphatic carbocycles. The molecule has 4 nitrogen and oxygen atoms in total. The number of nitrogens with zero attached hydrogens (tertiary/aromatic N) is 1. The number of rotatable bonds is 4. The maximum Gasteiger partial charge on any atom is 0.315 e. The molecule has 5 heteroatoms. The molecule has 0 amide bonds. The van der Waals surface area contributed by atoms with Gasteiger partial charge in [0.25, 0.3) is 0 Å². The normalized spacial score (nSPS) is 22.6. The second-order valence-electron chi connectivity index (χ2n) is 9.16. The highest BCUT2D eigenvalue weighted by Crippen LogP contribution is 2.48. The number of carbonyl (C=O) groups is 2. The van der Waals surface area contributed by atoms with Crippen molar-refractivity contribution in [1.82, 2.24) is 0 Å². The first-order valence-electron chi connectivity index (χ1n) is 10.5. The summed E-state index contributed by atoms with van der Waals surface area (Å²) in [6, 6.07) is 17.4. The summed E-state index contributed by atoms with van der Waals surface area (Å²) in [5.41, 5.74) is 3.90. The number of halogens is 1. The number of ketones is 1. The van der Waals surface area contributed by atoms with E-state index < -0.39 is 11.8 Å². The number of esters is 1. The summed E-state index contributed by atoms with van der Waals surface area (Å²) in [7, 11) is 0. The second kappa shape index (κ2) is 8.54. The number of hydrogen-bond acceptors (Lipinski definition) is 4. The molecule has 31 heavy (non-hydrogen) atoms. The van der Waals surface area contributed by atoms with Crippen LogP contribution in [-0.2, 0) is 20.9 Å². The van der Waals surface area contributed by atoms with Gasteiger partial charge in [0.2, 0.25) is 0 Å². The molecule has 2 atom stereocenters. The van der Waals surface area contributed by atoms with Crippen LogP contribution in [0.2, 0.25) is 0 Å². The number of benzene rings is 2. The molecule has 2 aromatic carbocycles. The molecule has 0 N–H and O–H groups in total. The molecular weight excluding hydrogens is 454 g/mol. The molecule has 1 aliphatic heterocycles. The Kier molecular flexibility index (Phi) is 5.98. The molecule has 160 valence electrons. The van der Waals surface area contributed by atoms with Gasteiger partial charge in [-0.3, -0.25) is 14.6 Å². The third-order valence-corrected chi connectivity index (χ3v) is 6.48. The maximum atomic E-state index is 13.3. The summed E-state index contributed by atoms with van der Waals surface area (Å²) in [6.07, 6.45) is 1.18. The number of Topliss-reactive ketones (excluding diaryl/α,β-unsaturated/α-hetero) is 1. The Morgan fingerprint density at radius 1 is 1.13 bits per heavy atom. The highest BCUT2D eigenvalue weighted by Gasteiger charge is 2.46. The van der Waals surface area contributed by atoms with Crippen LogP contribution >= 0.6 is 15.9 Å². The summed E-state index contributed by atoms with van der Waals surface area (Å²) in [5, 5.41) is 0. The standard InChI is InChI=1S/C26H26BrNO3/c1-16-22(25(30)31-15-17-8-5-4-6-9-17)23(18-10-7-11-19(27)12-18)24-20(28-16)13-26(2,3)14-21(24)29/h4-12,22-23H,13-15H2,1-3H3/t22?,23-/m0/s1. The third-order valence-electron chi connectivity index (χ3n) is 5.99. The fourth-order valence-electron chi connectivity index (χ4n) is 4.63. The van der Waals surface area contributed by atoms with E-state index in [1.807, 2.05) is 61.5 Å². The zero-order chi connectivity index (χ0) is 22.2. The molecule has 4 rings (SSSR count). The molecule has 1 unspecified atom stereocenters. The Morgan fingerprint density at radius 2 is 1.87 bits per heavy atom. The minimum atomic E-state index is -0.623. The average molecular weight is 480 g/mol. The molecule has 0 radical (unpaired) electrons. The summed E-state index contributed by atoms with van der Waals surface area (Å²) < 4.78 is 6.62. The summed E-state index contributed by atoms with van der Waals surface area (Å²) in [6.45, 7) is 6.25. The van der Waals surface area contributed by atoms with Crippen molar-refractivity contribution in [2.75, 3.05) is 0 Å². The van der Waals surface area contributed by atoms with Crippen LogP contribution in [0.1, 0.15) is 50.7 Å². The van der Waals surface area contributed by atoms with Gasteiger partial charge in [-0.1, -0.05) is 72.2 Å². The average Bonchev–Trinajstić information content (AvgIpc) is 2.71. The monoisotopic (exact) mass is 479 g/mol. The van der Waals surface area contributed by atoms with Gasteiger partial charge in [-0.15, -0.1) is 0 Å². The van der Waals surface area contributed by atoms with Crippen molar-refractivity contribution in [3.8, 4) is 0 Å². The van der Waals surface area contributed by atoms with Crippen LogP contribution in [0.3, 0.4) is 0 Å². The quantitative estimate of drug-likeness (QED) is 0.504. The zero-order valence-electron chi connectivity index (χ0n) is 18.0. The number of aliphatic imine (C=N–C) groups is 1. The summed E-state index contributed by atoms with van der Waals surface area (Å²) in [4.78, 5) is 31.4. The first-order chi connectivity index (χ1) is 14.7. The van der Waals surface area contributed by atoms with Crippen LogP contribution in [0.15, 0.2) is 75.3 Å². The van der Waals surface area contributed by atoms with E-state index in [9.17, 15) is 9.59 Å². The largest absolute Gasteiger partial charge is 0.460 e. The van der Waals surface area contributed by atoms with Crippen LogP contribution < -0.4 is 0 Å². The van der Waals surface area contributed by atoms with Gasteiger partial charge in [-0.05, 0) is 42.0 Å². The second-order valence-corrected chi connectivity index (χ2v) is 10.1. The number of carbonyl (C=O) groups excluding carboxylic acids is 2. The highest BCUT2D eigenvalue weighted by atomic mass is 79.9. The molecule has 0 aromatic heterocycles. The van der Waals surface area contributed by atoms with Gasteiger partial charge in [0.1, 0.15) is 12.5 Å². The van der Waals surface area contributed by atoms with Gasteiger partial charge in [-0.2, -0.15) is 0 Å². The van der Waals surface area contributed by atoms with Crippen molar-refractivity contribution in [2.24, 2.45) is 16.3 Å². The Balaban J connectivity index is 1.73. The molecule has 2 aliphatic rings. The van der Waals surface area contributed by atoms with Crippen LogP contribution in [0, 0.1) is 11.3 Å². The highest BCUT2D eigenvalue weighted by molar-refractivity contribution is 9.10. The van der Waals surface area contributed by atoms with Crippen LogP contribution in [0.25, 0.3) is 0 Å². The van der Waals surface area contributed by atoms with E-state index in [1.165, 1.54) is 0 Å². The van der Waals surface area contributed by atoms with E-state index in [0.29, 0.717) is 17.7 Å². The van der Waals surface area contributed by atoms with E-state index in [4.69, 9.17) is 9.73 Å². The van der Waals surface area contributed by atoms with Gasteiger partial charge in [0, 0.05) is 33.8 Å². The third kappa shape index (κ3) is 4.57. The van der Waals surface area contributed by atoms with Crippen molar-refractivity contribution in [3.63, 3.8) is 0 Å². The van der Waals surface area contributed by atoms with Gasteiger partial charge in [0.15, 0.2) is 5.78 Å². The summed E-state index contributed by atoms with van der Waals surface area (Å²) >= 11 is 3.54. The molecule has 0 saturated heterocycles. The first-order valence-corrected chi connectivity index (χ1v) is 11.3. The number of allylic oxidation sites excluding steroid dienone is 2. The van der Waals surface area contributed by atoms with Gasteiger partial charge in [-0.25, -0.2) is 0 Å². The maximum absolute atomic E-state index is 13.3. The Hall–Kier alpha value is -2.53. The fraction of sp³-hybridized carbons (Fsp3) is 0.346.